The monoisotopic (exact) mass is 154 g/mol. The van der Waals surface area contributed by atoms with Crippen molar-refractivity contribution in [1.29, 1.82) is 0 Å². The molecule has 0 bridgehead atoms. The van der Waals surface area contributed by atoms with E-state index in [0.29, 0.717) is 0 Å². The van der Waals surface area contributed by atoms with E-state index >= 15 is 0 Å². The number of hydrogen-bond acceptors (Lipinski definition) is 3. The van der Waals surface area contributed by atoms with Crippen LogP contribution in [0.2, 0.25) is 0 Å². The Morgan fingerprint density at radius 3 is 2.00 bits per heavy atom. The molecule has 4 heteroatoms. The summed E-state index contributed by atoms with van der Waals surface area (Å²) in [6.07, 6.45) is 1.37. The van der Waals surface area contributed by atoms with Gasteiger partial charge in [-0.1, -0.05) is 0 Å². The van der Waals surface area contributed by atoms with E-state index < -0.39 is 8.77 Å². The van der Waals surface area contributed by atoms with Crippen LogP contribution in [0.3, 0.4) is 0 Å². The van der Waals surface area contributed by atoms with Crippen LogP contribution in [0.4, 0.5) is 0 Å². The van der Waals surface area contributed by atoms with E-state index in [1.807, 2.05) is 0 Å². The molecule has 0 N–H and O–H groups in total. The highest BCUT2D eigenvalue weighted by Gasteiger charge is 1.98. The van der Waals surface area contributed by atoms with Crippen molar-refractivity contribution in [1.82, 2.24) is 0 Å². The molecule has 0 aromatic carbocycles. The Bertz CT molecular complexity index is 145. The van der Waals surface area contributed by atoms with Crippen molar-refractivity contribution in [2.45, 2.75) is 20.0 Å². The van der Waals surface area contributed by atoms with Gasteiger partial charge >= 0.3 is 0 Å². The predicted octanol–water partition coefficient (Wildman–Crippen LogP) is 0.703. The Balaban J connectivity index is 3.75. The van der Waals surface area contributed by atoms with Crippen molar-refractivity contribution in [3.05, 3.63) is 0 Å². The van der Waals surface area contributed by atoms with Crippen molar-refractivity contribution < 1.29 is 8.39 Å². The first kappa shape index (κ1) is 8.33. The molecule has 8 heavy (non-hydrogen) atoms. The van der Waals surface area contributed by atoms with Gasteiger partial charge in [0.25, 0.3) is 0 Å². The van der Waals surface area contributed by atoms with Crippen LogP contribution in [0.15, 0.2) is 0 Å². The van der Waals surface area contributed by atoms with Crippen LogP contribution < -0.4 is 0 Å². The summed E-state index contributed by atoms with van der Waals surface area (Å²) in [6.45, 7) is 3.60. The van der Waals surface area contributed by atoms with E-state index in [1.165, 1.54) is 6.26 Å². The van der Waals surface area contributed by atoms with E-state index in [1.54, 1.807) is 13.8 Å². The standard InChI is InChI=1S/C4H10O2S2/c1-4(2)6-8(3,5)7/h4H,1-3H3. The van der Waals surface area contributed by atoms with E-state index in [0.717, 1.165) is 0 Å². The zero-order chi connectivity index (χ0) is 6.78. The second-order valence-electron chi connectivity index (χ2n) is 1.85. The van der Waals surface area contributed by atoms with Gasteiger partial charge in [0.2, 0.25) is 0 Å². The molecule has 0 aliphatic carbocycles. The molecule has 0 aliphatic heterocycles. The number of rotatable bonds is 2. The first-order chi connectivity index (χ1) is 3.42. The molecule has 1 atom stereocenters. The van der Waals surface area contributed by atoms with E-state index in [2.05, 4.69) is 11.2 Å². The van der Waals surface area contributed by atoms with Crippen molar-refractivity contribution >= 4 is 20.0 Å². The molecular weight excluding hydrogens is 144 g/mol. The molecular formula is C4H10O2S2. The van der Waals surface area contributed by atoms with E-state index in [9.17, 15) is 4.21 Å². The normalized spacial score (nSPS) is 18.5. The molecule has 0 aliphatic rings. The SMILES string of the molecule is CC(C)OS(C)(=O)=S. The Morgan fingerprint density at radius 1 is 1.62 bits per heavy atom. The van der Waals surface area contributed by atoms with Crippen LogP contribution in [-0.4, -0.2) is 16.6 Å². The summed E-state index contributed by atoms with van der Waals surface area (Å²) in [5.74, 6) is 0. The number of hydrogen-bond donors (Lipinski definition) is 0. The smallest absolute Gasteiger partial charge is 0.141 e. The van der Waals surface area contributed by atoms with Gasteiger partial charge < -0.3 is 0 Å². The third-order valence-electron chi connectivity index (χ3n) is 0.367. The third kappa shape index (κ3) is 6.33. The van der Waals surface area contributed by atoms with Crippen LogP contribution in [0.25, 0.3) is 0 Å². The molecule has 0 rings (SSSR count). The van der Waals surface area contributed by atoms with Crippen LogP contribution in [0, 0.1) is 0 Å². The molecule has 1 unspecified atom stereocenters. The van der Waals surface area contributed by atoms with Crippen LogP contribution in [-0.2, 0) is 24.1 Å². The molecule has 50 valence electrons. The van der Waals surface area contributed by atoms with Gasteiger partial charge in [-0.25, -0.2) is 4.21 Å². The second kappa shape index (κ2) is 2.75. The molecule has 0 aromatic heterocycles. The van der Waals surface area contributed by atoms with Gasteiger partial charge in [0.05, 0.1) is 6.10 Å². The lowest BCUT2D eigenvalue weighted by Gasteiger charge is -2.04. The van der Waals surface area contributed by atoms with Crippen LogP contribution in [0.5, 0.6) is 0 Å². The first-order valence-corrected chi connectivity index (χ1v) is 5.12. The first-order valence-electron chi connectivity index (χ1n) is 2.30. The Kier molecular flexibility index (Phi) is 2.87. The maximum absolute atomic E-state index is 10.6. The van der Waals surface area contributed by atoms with Crippen LogP contribution in [0.1, 0.15) is 13.8 Å². The highest BCUT2D eigenvalue weighted by atomic mass is 32.8. The van der Waals surface area contributed by atoms with Crippen molar-refractivity contribution in [3.63, 3.8) is 0 Å². The summed E-state index contributed by atoms with van der Waals surface area (Å²) in [5, 5.41) is 0. The summed E-state index contributed by atoms with van der Waals surface area (Å²) in [4.78, 5) is 0. The fourth-order valence-corrected chi connectivity index (χ4v) is 1.52. The van der Waals surface area contributed by atoms with E-state index in [-0.39, 0.29) is 6.10 Å². The second-order valence-corrected chi connectivity index (χ2v) is 5.27. The topological polar surface area (TPSA) is 26.3 Å². The molecule has 2 nitrogen and oxygen atoms in total. The van der Waals surface area contributed by atoms with Crippen molar-refractivity contribution in [3.8, 4) is 0 Å². The fraction of sp³-hybridized carbons (Fsp3) is 1.00. The minimum Gasteiger partial charge on any atom is -0.287 e. The average molecular weight is 154 g/mol. The minimum absolute atomic E-state index is 0.0370. The average Bonchev–Trinajstić information content (AvgIpc) is 1.21. The summed E-state index contributed by atoms with van der Waals surface area (Å²) in [6, 6.07) is 0. The molecule has 0 spiro atoms. The molecule has 0 saturated heterocycles. The van der Waals surface area contributed by atoms with Crippen molar-refractivity contribution in [2.75, 3.05) is 6.26 Å². The quantitative estimate of drug-likeness (QED) is 0.586. The Labute approximate surface area is 55.1 Å². The maximum Gasteiger partial charge on any atom is 0.141 e. The summed E-state index contributed by atoms with van der Waals surface area (Å²) < 4.78 is 15.4. The van der Waals surface area contributed by atoms with E-state index in [4.69, 9.17) is 4.18 Å². The minimum atomic E-state index is -2.39. The predicted molar refractivity (Wildman–Crippen MR) is 37.7 cm³/mol. The van der Waals surface area contributed by atoms with Gasteiger partial charge in [0, 0.05) is 17.4 Å². The van der Waals surface area contributed by atoms with Gasteiger partial charge in [-0.05, 0) is 13.8 Å². The molecule has 0 radical (unpaired) electrons. The molecule has 0 fully saturated rings. The summed E-state index contributed by atoms with van der Waals surface area (Å²) in [7, 11) is -2.39. The Morgan fingerprint density at radius 2 is 2.00 bits per heavy atom. The lowest BCUT2D eigenvalue weighted by molar-refractivity contribution is 0.270. The third-order valence-corrected chi connectivity index (χ3v) is 1.34. The van der Waals surface area contributed by atoms with Gasteiger partial charge in [0.1, 0.15) is 8.77 Å². The molecule has 0 aromatic rings. The highest BCUT2D eigenvalue weighted by Crippen LogP contribution is 1.93. The molecule has 0 saturated carbocycles. The van der Waals surface area contributed by atoms with Gasteiger partial charge in [-0.2, -0.15) is 0 Å². The lowest BCUT2D eigenvalue weighted by Crippen LogP contribution is -2.08. The van der Waals surface area contributed by atoms with Gasteiger partial charge in [-0.15, -0.1) is 0 Å². The highest BCUT2D eigenvalue weighted by molar-refractivity contribution is 8.29. The zero-order valence-electron chi connectivity index (χ0n) is 5.21. The largest absolute Gasteiger partial charge is 0.287 e. The van der Waals surface area contributed by atoms with Crippen LogP contribution >= 0.6 is 0 Å². The maximum atomic E-state index is 10.6. The molecule has 0 amide bonds. The summed E-state index contributed by atoms with van der Waals surface area (Å²) >= 11 is 4.47. The van der Waals surface area contributed by atoms with Crippen molar-refractivity contribution in [2.24, 2.45) is 0 Å². The molecule has 0 heterocycles. The van der Waals surface area contributed by atoms with Gasteiger partial charge in [-0.3, -0.25) is 4.18 Å². The Hall–Kier alpha value is 0.330. The lowest BCUT2D eigenvalue weighted by atomic mass is 10.5. The van der Waals surface area contributed by atoms with Gasteiger partial charge in [0.15, 0.2) is 0 Å². The zero-order valence-corrected chi connectivity index (χ0v) is 6.84. The fourth-order valence-electron chi connectivity index (χ4n) is 0.350. The summed E-state index contributed by atoms with van der Waals surface area (Å²) in [5.41, 5.74) is 0.